The Labute approximate surface area is 121 Å². The van der Waals surface area contributed by atoms with E-state index in [1.165, 1.54) is 0 Å². The molecule has 1 saturated heterocycles. The van der Waals surface area contributed by atoms with Gasteiger partial charge in [0, 0.05) is 25.2 Å². The number of carbonyl (C=O) groups excluding carboxylic acids is 1. The predicted octanol–water partition coefficient (Wildman–Crippen LogP) is 1.29. The fourth-order valence-electron chi connectivity index (χ4n) is 2.80. The van der Waals surface area contributed by atoms with Gasteiger partial charge >= 0.3 is 0 Å². The lowest BCUT2D eigenvalue weighted by atomic mass is 9.98. The van der Waals surface area contributed by atoms with Crippen molar-refractivity contribution >= 4 is 5.91 Å². The Bertz CT molecular complexity index is 461. The number of amides is 1. The Kier molecular flexibility index (Phi) is 5.15. The summed E-state index contributed by atoms with van der Waals surface area (Å²) in [5.41, 5.74) is 7.80. The first-order valence-corrected chi connectivity index (χ1v) is 7.36. The van der Waals surface area contributed by atoms with Crippen molar-refractivity contribution in [1.82, 2.24) is 10.2 Å². The lowest BCUT2D eigenvalue weighted by Crippen LogP contribution is -2.47. The number of nitrogens with two attached hydrogens (primary N) is 1. The summed E-state index contributed by atoms with van der Waals surface area (Å²) >= 11 is 0. The summed E-state index contributed by atoms with van der Waals surface area (Å²) in [5.74, 6) is 0.104. The molecule has 4 nitrogen and oxygen atoms in total. The first-order chi connectivity index (χ1) is 9.60. The first-order valence-electron chi connectivity index (χ1n) is 7.36. The molecule has 1 heterocycles. The van der Waals surface area contributed by atoms with Crippen molar-refractivity contribution in [3.63, 3.8) is 0 Å². The number of carbonyl (C=O) groups is 1. The standard InChI is InChI=1S/C16H25N3O/c1-12-9-15(7-8-19(12)2)18-16(20)10-13-5-3-4-6-14(13)11-17/h3-6,12,15H,7-11,17H2,1-2H3,(H,18,20). The topological polar surface area (TPSA) is 58.4 Å². The Morgan fingerprint density at radius 2 is 2.10 bits per heavy atom. The number of rotatable bonds is 4. The van der Waals surface area contributed by atoms with Crippen LogP contribution in [-0.4, -0.2) is 36.5 Å². The van der Waals surface area contributed by atoms with E-state index in [-0.39, 0.29) is 5.91 Å². The van der Waals surface area contributed by atoms with Gasteiger partial charge in [0.25, 0.3) is 0 Å². The van der Waals surface area contributed by atoms with Crippen LogP contribution in [0.2, 0.25) is 0 Å². The molecule has 2 atom stereocenters. The van der Waals surface area contributed by atoms with E-state index in [0.29, 0.717) is 25.0 Å². The normalized spacial score (nSPS) is 23.6. The van der Waals surface area contributed by atoms with Crippen LogP contribution in [0.25, 0.3) is 0 Å². The summed E-state index contributed by atoms with van der Waals surface area (Å²) in [6.45, 7) is 3.74. The summed E-state index contributed by atoms with van der Waals surface area (Å²) in [7, 11) is 2.14. The van der Waals surface area contributed by atoms with Crippen LogP contribution in [0, 0.1) is 0 Å². The average Bonchev–Trinajstić information content (AvgIpc) is 2.43. The molecule has 1 aromatic rings. The smallest absolute Gasteiger partial charge is 0.224 e. The molecular weight excluding hydrogens is 250 g/mol. The van der Waals surface area contributed by atoms with Gasteiger partial charge in [-0.15, -0.1) is 0 Å². The molecule has 3 N–H and O–H groups in total. The molecule has 2 rings (SSSR count). The van der Waals surface area contributed by atoms with Gasteiger partial charge in [0.05, 0.1) is 6.42 Å². The minimum atomic E-state index is 0.104. The van der Waals surface area contributed by atoms with E-state index in [4.69, 9.17) is 5.73 Å². The Balaban J connectivity index is 1.89. The summed E-state index contributed by atoms with van der Waals surface area (Å²) in [5, 5.41) is 3.16. The molecule has 0 aromatic heterocycles. The largest absolute Gasteiger partial charge is 0.353 e. The molecule has 1 aliphatic rings. The van der Waals surface area contributed by atoms with E-state index in [1.54, 1.807) is 0 Å². The van der Waals surface area contributed by atoms with E-state index in [1.807, 2.05) is 24.3 Å². The molecule has 0 saturated carbocycles. The Morgan fingerprint density at radius 3 is 2.75 bits per heavy atom. The molecule has 110 valence electrons. The molecule has 2 unspecified atom stereocenters. The zero-order valence-electron chi connectivity index (χ0n) is 12.4. The van der Waals surface area contributed by atoms with Crippen molar-refractivity contribution in [2.75, 3.05) is 13.6 Å². The van der Waals surface area contributed by atoms with Crippen molar-refractivity contribution < 1.29 is 4.79 Å². The highest BCUT2D eigenvalue weighted by Crippen LogP contribution is 2.16. The molecule has 0 radical (unpaired) electrons. The van der Waals surface area contributed by atoms with Crippen molar-refractivity contribution in [1.29, 1.82) is 0 Å². The third kappa shape index (κ3) is 3.81. The molecule has 4 heteroatoms. The molecule has 20 heavy (non-hydrogen) atoms. The second-order valence-corrected chi connectivity index (χ2v) is 5.77. The van der Waals surface area contributed by atoms with Crippen LogP contribution in [0.4, 0.5) is 0 Å². The van der Waals surface area contributed by atoms with Gasteiger partial charge in [0.2, 0.25) is 5.91 Å². The van der Waals surface area contributed by atoms with Crippen LogP contribution in [0.3, 0.4) is 0 Å². The van der Waals surface area contributed by atoms with Gasteiger partial charge in [0.1, 0.15) is 0 Å². The number of piperidine rings is 1. The van der Waals surface area contributed by atoms with Crippen LogP contribution in [0.5, 0.6) is 0 Å². The van der Waals surface area contributed by atoms with Gasteiger partial charge in [-0.2, -0.15) is 0 Å². The minimum absolute atomic E-state index is 0.104. The number of benzene rings is 1. The highest BCUT2D eigenvalue weighted by molar-refractivity contribution is 5.79. The number of likely N-dealkylation sites (tertiary alicyclic amines) is 1. The quantitative estimate of drug-likeness (QED) is 0.870. The summed E-state index contributed by atoms with van der Waals surface area (Å²) < 4.78 is 0. The van der Waals surface area contributed by atoms with Gasteiger partial charge in [-0.1, -0.05) is 24.3 Å². The third-order valence-electron chi connectivity index (χ3n) is 4.26. The zero-order valence-corrected chi connectivity index (χ0v) is 12.4. The summed E-state index contributed by atoms with van der Waals surface area (Å²) in [6.07, 6.45) is 2.49. The van der Waals surface area contributed by atoms with Gasteiger partial charge < -0.3 is 16.0 Å². The summed E-state index contributed by atoms with van der Waals surface area (Å²) in [6, 6.07) is 8.73. The number of nitrogens with one attached hydrogen (secondary N) is 1. The van der Waals surface area contributed by atoms with Gasteiger partial charge in [-0.05, 0) is 37.9 Å². The Hall–Kier alpha value is -1.39. The highest BCUT2D eigenvalue weighted by atomic mass is 16.1. The van der Waals surface area contributed by atoms with Crippen molar-refractivity contribution in [2.24, 2.45) is 5.73 Å². The van der Waals surface area contributed by atoms with E-state index in [2.05, 4.69) is 24.2 Å². The lowest BCUT2D eigenvalue weighted by molar-refractivity contribution is -0.121. The van der Waals surface area contributed by atoms with Crippen LogP contribution >= 0.6 is 0 Å². The van der Waals surface area contributed by atoms with E-state index in [9.17, 15) is 4.79 Å². The average molecular weight is 275 g/mol. The molecule has 0 bridgehead atoms. The number of hydrogen-bond acceptors (Lipinski definition) is 3. The maximum absolute atomic E-state index is 12.2. The first kappa shape index (κ1) is 15.0. The monoisotopic (exact) mass is 275 g/mol. The predicted molar refractivity (Wildman–Crippen MR) is 81.3 cm³/mol. The SMILES string of the molecule is CC1CC(NC(=O)Cc2ccccc2CN)CCN1C. The number of nitrogens with zero attached hydrogens (tertiary/aromatic N) is 1. The molecule has 1 aromatic carbocycles. The molecule has 1 amide bonds. The fourth-order valence-corrected chi connectivity index (χ4v) is 2.80. The molecule has 1 fully saturated rings. The maximum Gasteiger partial charge on any atom is 0.224 e. The lowest BCUT2D eigenvalue weighted by Gasteiger charge is -2.35. The van der Waals surface area contributed by atoms with Crippen molar-refractivity contribution in [3.05, 3.63) is 35.4 Å². The number of hydrogen-bond donors (Lipinski definition) is 2. The van der Waals surface area contributed by atoms with Crippen molar-refractivity contribution in [3.8, 4) is 0 Å². The van der Waals surface area contributed by atoms with E-state index in [0.717, 1.165) is 30.5 Å². The van der Waals surface area contributed by atoms with Gasteiger partial charge in [0.15, 0.2) is 0 Å². The van der Waals surface area contributed by atoms with Crippen LogP contribution < -0.4 is 11.1 Å². The fraction of sp³-hybridized carbons (Fsp3) is 0.562. The molecule has 0 spiro atoms. The molecule has 0 aliphatic carbocycles. The van der Waals surface area contributed by atoms with Gasteiger partial charge in [-0.3, -0.25) is 4.79 Å². The maximum atomic E-state index is 12.2. The van der Waals surface area contributed by atoms with Crippen LogP contribution in [-0.2, 0) is 17.8 Å². The highest BCUT2D eigenvalue weighted by Gasteiger charge is 2.23. The molecule has 1 aliphatic heterocycles. The second kappa shape index (κ2) is 6.86. The molecular formula is C16H25N3O. The third-order valence-corrected chi connectivity index (χ3v) is 4.26. The zero-order chi connectivity index (χ0) is 14.5. The van der Waals surface area contributed by atoms with Gasteiger partial charge in [-0.25, -0.2) is 0 Å². The van der Waals surface area contributed by atoms with Crippen LogP contribution in [0.15, 0.2) is 24.3 Å². The van der Waals surface area contributed by atoms with E-state index < -0.39 is 0 Å². The second-order valence-electron chi connectivity index (χ2n) is 5.77. The summed E-state index contributed by atoms with van der Waals surface area (Å²) in [4.78, 5) is 14.5. The van der Waals surface area contributed by atoms with Crippen molar-refractivity contribution in [2.45, 2.75) is 44.8 Å². The minimum Gasteiger partial charge on any atom is -0.353 e. The van der Waals surface area contributed by atoms with Crippen LogP contribution in [0.1, 0.15) is 30.9 Å². The Morgan fingerprint density at radius 1 is 1.40 bits per heavy atom. The van der Waals surface area contributed by atoms with E-state index >= 15 is 0 Å².